The average molecular weight is 441 g/mol. The number of benzene rings is 2. The molecule has 9 nitrogen and oxygen atoms in total. The van der Waals surface area contributed by atoms with Crippen LogP contribution >= 0.6 is 0 Å². The number of methoxy groups -OCH3 is 2. The zero-order valence-corrected chi connectivity index (χ0v) is 17.9. The molecule has 0 radical (unpaired) electrons. The molecule has 0 aliphatic carbocycles. The second-order valence-corrected chi connectivity index (χ2v) is 6.82. The van der Waals surface area contributed by atoms with Crippen LogP contribution in [-0.2, 0) is 22.6 Å². The summed E-state index contributed by atoms with van der Waals surface area (Å²) in [5.41, 5.74) is 6.69. The molecule has 3 rings (SSSR count). The van der Waals surface area contributed by atoms with Crippen LogP contribution in [0.15, 0.2) is 45.6 Å². The van der Waals surface area contributed by atoms with Crippen LogP contribution in [0.1, 0.15) is 28.4 Å². The Hall–Kier alpha value is -4.01. The van der Waals surface area contributed by atoms with E-state index in [2.05, 4.69) is 0 Å². The number of hydrogen-bond donors (Lipinski definition) is 1. The molecule has 0 saturated carbocycles. The third kappa shape index (κ3) is 5.00. The molecular formula is C23H23NO8. The zero-order valence-electron chi connectivity index (χ0n) is 17.9. The number of esters is 1. The molecule has 1 aromatic heterocycles. The normalized spacial score (nSPS) is 10.6. The molecule has 2 N–H and O–H groups in total. The van der Waals surface area contributed by atoms with E-state index in [1.807, 2.05) is 19.1 Å². The molecule has 0 atom stereocenters. The van der Waals surface area contributed by atoms with Crippen molar-refractivity contribution < 1.29 is 33.0 Å². The Kier molecular flexibility index (Phi) is 6.99. The highest BCUT2D eigenvalue weighted by Gasteiger charge is 2.20. The maximum Gasteiger partial charge on any atom is 0.338 e. The fourth-order valence-electron chi connectivity index (χ4n) is 3.12. The first-order chi connectivity index (χ1) is 15.4. The van der Waals surface area contributed by atoms with Crippen molar-refractivity contribution in [1.29, 1.82) is 0 Å². The van der Waals surface area contributed by atoms with Crippen LogP contribution < -0.4 is 25.6 Å². The monoisotopic (exact) mass is 441 g/mol. The summed E-state index contributed by atoms with van der Waals surface area (Å²) in [6.45, 7) is 1.47. The van der Waals surface area contributed by atoms with E-state index >= 15 is 0 Å². The minimum Gasteiger partial charge on any atom is -0.493 e. The number of primary amides is 1. The molecule has 0 fully saturated rings. The topological polar surface area (TPSA) is 127 Å². The van der Waals surface area contributed by atoms with E-state index in [1.54, 1.807) is 6.07 Å². The molecule has 0 bridgehead atoms. The van der Waals surface area contributed by atoms with Crippen LogP contribution in [0.4, 0.5) is 0 Å². The fourth-order valence-corrected chi connectivity index (χ4v) is 3.12. The van der Waals surface area contributed by atoms with Gasteiger partial charge in [0.1, 0.15) is 12.2 Å². The van der Waals surface area contributed by atoms with Crippen molar-refractivity contribution in [3.63, 3.8) is 0 Å². The molecule has 0 aliphatic heterocycles. The molecule has 0 aliphatic rings. The van der Waals surface area contributed by atoms with Crippen molar-refractivity contribution in [3.8, 4) is 17.2 Å². The Morgan fingerprint density at radius 1 is 1.03 bits per heavy atom. The average Bonchev–Trinajstić information content (AvgIpc) is 2.79. The van der Waals surface area contributed by atoms with E-state index in [-0.39, 0.29) is 36.0 Å². The van der Waals surface area contributed by atoms with Gasteiger partial charge >= 0.3 is 11.6 Å². The van der Waals surface area contributed by atoms with Crippen LogP contribution in [0.2, 0.25) is 0 Å². The van der Waals surface area contributed by atoms with Gasteiger partial charge in [-0.3, -0.25) is 4.79 Å². The highest BCUT2D eigenvalue weighted by atomic mass is 16.5. The van der Waals surface area contributed by atoms with E-state index in [0.717, 1.165) is 12.0 Å². The number of aryl methyl sites for hydroxylation is 1. The Balaban J connectivity index is 1.86. The number of carbonyl (C=O) groups excluding carboxylic acids is 2. The highest BCUT2D eigenvalue weighted by molar-refractivity contribution is 5.91. The van der Waals surface area contributed by atoms with Gasteiger partial charge in [-0.25, -0.2) is 9.59 Å². The summed E-state index contributed by atoms with van der Waals surface area (Å²) in [4.78, 5) is 35.7. The van der Waals surface area contributed by atoms with Gasteiger partial charge in [0.05, 0.1) is 19.8 Å². The van der Waals surface area contributed by atoms with Crippen LogP contribution in [-0.4, -0.2) is 32.7 Å². The highest BCUT2D eigenvalue weighted by Crippen LogP contribution is 2.38. The van der Waals surface area contributed by atoms with Crippen molar-refractivity contribution in [3.05, 3.63) is 63.5 Å². The second-order valence-electron chi connectivity index (χ2n) is 6.82. The lowest BCUT2D eigenvalue weighted by atomic mass is 10.1. The number of hydrogen-bond acceptors (Lipinski definition) is 8. The first kappa shape index (κ1) is 22.7. The number of fused-ring (bicyclic) bond motifs is 1. The van der Waals surface area contributed by atoms with E-state index in [1.165, 1.54) is 32.4 Å². The minimum atomic E-state index is -0.678. The quantitative estimate of drug-likeness (QED) is 0.396. The van der Waals surface area contributed by atoms with Gasteiger partial charge in [-0.2, -0.15) is 0 Å². The van der Waals surface area contributed by atoms with Gasteiger partial charge in [-0.1, -0.05) is 19.1 Å². The molecule has 168 valence electrons. The predicted molar refractivity (Wildman–Crippen MR) is 115 cm³/mol. The van der Waals surface area contributed by atoms with Crippen LogP contribution in [0.3, 0.4) is 0 Å². The Morgan fingerprint density at radius 2 is 1.72 bits per heavy atom. The second kappa shape index (κ2) is 9.86. The number of rotatable bonds is 9. The van der Waals surface area contributed by atoms with Gasteiger partial charge in [0, 0.05) is 17.0 Å². The summed E-state index contributed by atoms with van der Waals surface area (Å²) in [6, 6.07) is 9.63. The predicted octanol–water partition coefficient (Wildman–Crippen LogP) is 2.59. The molecule has 2 aromatic carbocycles. The van der Waals surface area contributed by atoms with Crippen molar-refractivity contribution >= 4 is 22.8 Å². The lowest BCUT2D eigenvalue weighted by Gasteiger charge is -2.15. The minimum absolute atomic E-state index is 0.128. The van der Waals surface area contributed by atoms with E-state index < -0.39 is 17.5 Å². The summed E-state index contributed by atoms with van der Waals surface area (Å²) >= 11 is 0. The smallest absolute Gasteiger partial charge is 0.338 e. The van der Waals surface area contributed by atoms with E-state index in [9.17, 15) is 14.4 Å². The molecule has 0 saturated heterocycles. The van der Waals surface area contributed by atoms with Gasteiger partial charge in [-0.05, 0) is 30.2 Å². The standard InChI is InChI=1S/C23H23NO8/c1-4-13-5-6-16-15(10-21(26)32-17(16)7-13)11-31-23(27)14-8-18(28-2)22(19(9-14)29-3)30-12-20(24)25/h5-10H,4,11-12H2,1-3H3,(H2,24,25). The van der Waals surface area contributed by atoms with Crippen molar-refractivity contribution in [1.82, 2.24) is 0 Å². The third-order valence-electron chi connectivity index (χ3n) is 4.72. The lowest BCUT2D eigenvalue weighted by molar-refractivity contribution is -0.120. The maximum absolute atomic E-state index is 12.7. The first-order valence-electron chi connectivity index (χ1n) is 9.76. The van der Waals surface area contributed by atoms with Crippen molar-refractivity contribution in [2.45, 2.75) is 20.0 Å². The summed E-state index contributed by atoms with van der Waals surface area (Å²) in [5, 5.41) is 0.681. The molecule has 3 aromatic rings. The van der Waals surface area contributed by atoms with Gasteiger partial charge in [-0.15, -0.1) is 0 Å². The van der Waals surface area contributed by atoms with E-state index in [4.69, 9.17) is 29.1 Å². The fraction of sp³-hybridized carbons (Fsp3) is 0.261. The summed E-state index contributed by atoms with van der Waals surface area (Å²) in [6.07, 6.45) is 0.793. The van der Waals surface area contributed by atoms with E-state index in [0.29, 0.717) is 16.5 Å². The third-order valence-corrected chi connectivity index (χ3v) is 4.72. The SMILES string of the molecule is CCc1ccc2c(COC(=O)c3cc(OC)c(OCC(N)=O)c(OC)c3)cc(=O)oc2c1. The zero-order chi connectivity index (χ0) is 23.3. The molecule has 0 spiro atoms. The van der Waals surface area contributed by atoms with Crippen LogP contribution in [0, 0.1) is 0 Å². The van der Waals surface area contributed by atoms with Gasteiger partial charge in [0.15, 0.2) is 18.1 Å². The largest absolute Gasteiger partial charge is 0.493 e. The number of carbonyl (C=O) groups is 2. The van der Waals surface area contributed by atoms with Crippen LogP contribution in [0.25, 0.3) is 11.0 Å². The number of nitrogens with two attached hydrogens (primary N) is 1. The Bertz CT molecular complexity index is 1190. The molecular weight excluding hydrogens is 418 g/mol. The molecule has 1 heterocycles. The van der Waals surface area contributed by atoms with Crippen molar-refractivity contribution in [2.75, 3.05) is 20.8 Å². The Labute approximate surface area is 183 Å². The Morgan fingerprint density at radius 3 is 2.31 bits per heavy atom. The van der Waals surface area contributed by atoms with Gasteiger partial charge in [0.2, 0.25) is 5.75 Å². The lowest BCUT2D eigenvalue weighted by Crippen LogP contribution is -2.20. The molecule has 9 heteroatoms. The maximum atomic E-state index is 12.7. The van der Waals surface area contributed by atoms with Gasteiger partial charge in [0.25, 0.3) is 5.91 Å². The molecule has 0 unspecified atom stereocenters. The van der Waals surface area contributed by atoms with Crippen LogP contribution in [0.5, 0.6) is 17.2 Å². The molecule has 1 amide bonds. The first-order valence-corrected chi connectivity index (χ1v) is 9.76. The van der Waals surface area contributed by atoms with Gasteiger partial charge < -0.3 is 29.1 Å². The summed E-state index contributed by atoms with van der Waals surface area (Å²) < 4.78 is 26.5. The number of ether oxygens (including phenoxy) is 4. The molecule has 32 heavy (non-hydrogen) atoms. The number of amides is 1. The van der Waals surface area contributed by atoms with Crippen molar-refractivity contribution in [2.24, 2.45) is 5.73 Å². The summed E-state index contributed by atoms with van der Waals surface area (Å²) in [7, 11) is 2.75. The summed E-state index contributed by atoms with van der Waals surface area (Å²) in [5.74, 6) is -0.896.